The van der Waals surface area contributed by atoms with E-state index in [0.717, 1.165) is 0 Å². The summed E-state index contributed by atoms with van der Waals surface area (Å²) in [5.41, 5.74) is 5.77. The fourth-order valence-electron chi connectivity index (χ4n) is 1.55. The van der Waals surface area contributed by atoms with E-state index in [1.54, 1.807) is 19.2 Å². The van der Waals surface area contributed by atoms with Gasteiger partial charge in [0.05, 0.1) is 19.9 Å². The topological polar surface area (TPSA) is 83.3 Å². The summed E-state index contributed by atoms with van der Waals surface area (Å²) >= 11 is 0. The number of hydrogen-bond donors (Lipinski definition) is 1. The molecule has 0 aliphatic heterocycles. The molecule has 0 aromatic carbocycles. The van der Waals surface area contributed by atoms with E-state index in [2.05, 4.69) is 5.10 Å². The van der Waals surface area contributed by atoms with Crippen LogP contribution in [0.2, 0.25) is 0 Å². The number of nitrogens with zero attached hydrogens (tertiary/aromatic N) is 2. The van der Waals surface area contributed by atoms with Crippen molar-refractivity contribution in [3.63, 3.8) is 0 Å². The molecule has 90 valence electrons. The number of nitrogens with two attached hydrogens (primary N) is 1. The molecule has 17 heavy (non-hydrogen) atoms. The highest BCUT2D eigenvalue weighted by atomic mass is 16.5. The molecule has 0 unspecified atom stereocenters. The zero-order valence-corrected chi connectivity index (χ0v) is 9.64. The van der Waals surface area contributed by atoms with Crippen LogP contribution in [0.5, 0.6) is 5.75 Å². The summed E-state index contributed by atoms with van der Waals surface area (Å²) in [6.07, 6.45) is 1.49. The Labute approximate surface area is 98.0 Å². The molecular formula is C11H13N3O3. The molecular weight excluding hydrogens is 222 g/mol. The maximum Gasteiger partial charge on any atom is 0.249 e. The lowest BCUT2D eigenvalue weighted by atomic mass is 10.2. The number of furan rings is 1. The molecule has 0 radical (unpaired) electrons. The molecule has 0 spiro atoms. The fraction of sp³-hybridized carbons (Fsp3) is 0.273. The third-order valence-corrected chi connectivity index (χ3v) is 2.43. The summed E-state index contributed by atoms with van der Waals surface area (Å²) in [5, 5.41) is 3.97. The Morgan fingerprint density at radius 1 is 1.59 bits per heavy atom. The zero-order valence-electron chi connectivity index (χ0n) is 9.64. The highest BCUT2D eigenvalue weighted by Gasteiger charge is 2.22. The number of aromatic nitrogens is 2. The standard InChI is InChI=1S/C11H13N3O3/c1-14-10(9(16-2)6-13-14)11(15)8-4-3-7(5-12)17-8/h3-4,6H,5,12H2,1-2H3. The van der Waals surface area contributed by atoms with E-state index in [1.807, 2.05) is 0 Å². The van der Waals surface area contributed by atoms with Gasteiger partial charge in [0.2, 0.25) is 5.78 Å². The lowest BCUT2D eigenvalue weighted by Gasteiger charge is -2.02. The number of carbonyl (C=O) groups excluding carboxylic acids is 1. The molecule has 2 N–H and O–H groups in total. The first kappa shape index (κ1) is 11.4. The van der Waals surface area contributed by atoms with Crippen molar-refractivity contribution in [1.82, 2.24) is 9.78 Å². The molecule has 0 saturated carbocycles. The summed E-state index contributed by atoms with van der Waals surface area (Å²) in [7, 11) is 3.16. The van der Waals surface area contributed by atoms with Crippen molar-refractivity contribution in [2.75, 3.05) is 7.11 Å². The molecule has 0 aliphatic carbocycles. The summed E-state index contributed by atoms with van der Waals surface area (Å²) in [6, 6.07) is 3.27. The van der Waals surface area contributed by atoms with Gasteiger partial charge in [-0.15, -0.1) is 0 Å². The average Bonchev–Trinajstić information content (AvgIpc) is 2.94. The number of carbonyl (C=O) groups is 1. The normalized spacial score (nSPS) is 10.5. The molecule has 0 amide bonds. The molecule has 0 fully saturated rings. The van der Waals surface area contributed by atoms with Crippen LogP contribution in [-0.4, -0.2) is 22.7 Å². The number of hydrogen-bond acceptors (Lipinski definition) is 5. The van der Waals surface area contributed by atoms with Gasteiger partial charge >= 0.3 is 0 Å². The molecule has 0 atom stereocenters. The van der Waals surface area contributed by atoms with Crippen molar-refractivity contribution in [3.05, 3.63) is 35.5 Å². The lowest BCUT2D eigenvalue weighted by molar-refractivity contribution is 0.0995. The summed E-state index contributed by atoms with van der Waals surface area (Å²) in [6.45, 7) is 0.260. The summed E-state index contributed by atoms with van der Waals surface area (Å²) in [4.78, 5) is 12.2. The highest BCUT2D eigenvalue weighted by Crippen LogP contribution is 2.21. The predicted octanol–water partition coefficient (Wildman–Crippen LogP) is 0.711. The maximum atomic E-state index is 12.2. The Kier molecular flexibility index (Phi) is 2.97. The van der Waals surface area contributed by atoms with Gasteiger partial charge in [-0.3, -0.25) is 9.48 Å². The highest BCUT2D eigenvalue weighted by molar-refractivity contribution is 6.07. The van der Waals surface area contributed by atoms with Crippen molar-refractivity contribution in [1.29, 1.82) is 0 Å². The first-order valence-corrected chi connectivity index (χ1v) is 5.06. The van der Waals surface area contributed by atoms with Gasteiger partial charge in [-0.25, -0.2) is 0 Å². The van der Waals surface area contributed by atoms with Crippen LogP contribution >= 0.6 is 0 Å². The van der Waals surface area contributed by atoms with Crippen LogP contribution < -0.4 is 10.5 Å². The SMILES string of the molecule is COc1cnn(C)c1C(=O)c1ccc(CN)o1. The molecule has 2 aromatic rings. The first-order valence-electron chi connectivity index (χ1n) is 5.06. The van der Waals surface area contributed by atoms with Crippen LogP contribution in [0.1, 0.15) is 22.0 Å². The second-order valence-electron chi connectivity index (χ2n) is 3.48. The Balaban J connectivity index is 2.39. The molecule has 2 heterocycles. The Hall–Kier alpha value is -2.08. The van der Waals surface area contributed by atoms with Gasteiger partial charge in [0.15, 0.2) is 17.2 Å². The largest absolute Gasteiger partial charge is 0.493 e. The van der Waals surface area contributed by atoms with Crippen LogP contribution in [-0.2, 0) is 13.6 Å². The van der Waals surface area contributed by atoms with E-state index < -0.39 is 0 Å². The summed E-state index contributed by atoms with van der Waals surface area (Å²) < 4.78 is 11.8. The van der Waals surface area contributed by atoms with Crippen LogP contribution in [0.25, 0.3) is 0 Å². The van der Waals surface area contributed by atoms with E-state index in [9.17, 15) is 4.79 Å². The van der Waals surface area contributed by atoms with Crippen molar-refractivity contribution < 1.29 is 13.9 Å². The minimum absolute atomic E-state index is 0.229. The molecule has 0 saturated heterocycles. The van der Waals surface area contributed by atoms with E-state index in [1.165, 1.54) is 18.0 Å². The zero-order chi connectivity index (χ0) is 12.4. The van der Waals surface area contributed by atoms with Gasteiger partial charge in [-0.2, -0.15) is 5.10 Å². The van der Waals surface area contributed by atoms with E-state index in [-0.39, 0.29) is 18.1 Å². The van der Waals surface area contributed by atoms with Crippen LogP contribution in [0.3, 0.4) is 0 Å². The van der Waals surface area contributed by atoms with Gasteiger partial charge in [0, 0.05) is 7.05 Å². The number of rotatable bonds is 4. The molecule has 0 aliphatic rings. The van der Waals surface area contributed by atoms with E-state index >= 15 is 0 Å². The number of ether oxygens (including phenoxy) is 1. The van der Waals surface area contributed by atoms with Gasteiger partial charge in [0.1, 0.15) is 5.76 Å². The van der Waals surface area contributed by atoms with E-state index in [0.29, 0.717) is 17.2 Å². The lowest BCUT2D eigenvalue weighted by Crippen LogP contribution is -2.09. The van der Waals surface area contributed by atoms with Crippen molar-refractivity contribution in [2.45, 2.75) is 6.54 Å². The Morgan fingerprint density at radius 3 is 2.94 bits per heavy atom. The van der Waals surface area contributed by atoms with Crippen LogP contribution in [0.15, 0.2) is 22.7 Å². The Bertz CT molecular complexity index is 542. The van der Waals surface area contributed by atoms with Crippen LogP contribution in [0.4, 0.5) is 0 Å². The maximum absolute atomic E-state index is 12.2. The molecule has 6 heteroatoms. The predicted molar refractivity (Wildman–Crippen MR) is 59.8 cm³/mol. The van der Waals surface area contributed by atoms with Crippen molar-refractivity contribution >= 4 is 5.78 Å². The number of aryl methyl sites for hydroxylation is 1. The second-order valence-corrected chi connectivity index (χ2v) is 3.48. The first-order chi connectivity index (χ1) is 8.17. The summed E-state index contributed by atoms with van der Waals surface area (Å²) in [5.74, 6) is 0.937. The second kappa shape index (κ2) is 4.42. The molecule has 0 bridgehead atoms. The van der Waals surface area contributed by atoms with Gasteiger partial charge < -0.3 is 14.9 Å². The third-order valence-electron chi connectivity index (χ3n) is 2.43. The van der Waals surface area contributed by atoms with Gasteiger partial charge in [0.25, 0.3) is 0 Å². The van der Waals surface area contributed by atoms with Crippen molar-refractivity contribution in [3.8, 4) is 5.75 Å². The minimum Gasteiger partial charge on any atom is -0.493 e. The Morgan fingerprint density at radius 2 is 2.35 bits per heavy atom. The monoisotopic (exact) mass is 235 g/mol. The number of methoxy groups -OCH3 is 1. The van der Waals surface area contributed by atoms with Gasteiger partial charge in [-0.1, -0.05) is 0 Å². The third kappa shape index (κ3) is 1.94. The minimum atomic E-state index is -0.276. The molecule has 6 nitrogen and oxygen atoms in total. The average molecular weight is 235 g/mol. The smallest absolute Gasteiger partial charge is 0.249 e. The molecule has 2 aromatic heterocycles. The number of ketones is 1. The fourth-order valence-corrected chi connectivity index (χ4v) is 1.55. The van der Waals surface area contributed by atoms with Gasteiger partial charge in [-0.05, 0) is 12.1 Å². The van der Waals surface area contributed by atoms with Crippen molar-refractivity contribution in [2.24, 2.45) is 12.8 Å². The van der Waals surface area contributed by atoms with E-state index in [4.69, 9.17) is 14.9 Å². The quantitative estimate of drug-likeness (QED) is 0.789. The van der Waals surface area contributed by atoms with Crippen LogP contribution in [0, 0.1) is 0 Å². The molecule has 2 rings (SSSR count).